The van der Waals surface area contributed by atoms with Crippen LogP contribution in [0.25, 0.3) is 0 Å². The minimum Gasteiger partial charge on any atom is -0.494 e. The van der Waals surface area contributed by atoms with E-state index < -0.39 is 0 Å². The quantitative estimate of drug-likeness (QED) is 0.719. The fourth-order valence-electron chi connectivity index (χ4n) is 3.68. The molecule has 0 saturated carbocycles. The first-order chi connectivity index (χ1) is 12.7. The highest BCUT2D eigenvalue weighted by Crippen LogP contribution is 2.24. The lowest BCUT2D eigenvalue weighted by atomic mass is 9.88. The van der Waals surface area contributed by atoms with Gasteiger partial charge in [-0.1, -0.05) is 55.8 Å². The van der Waals surface area contributed by atoms with Crippen LogP contribution in [0.3, 0.4) is 0 Å². The van der Waals surface area contributed by atoms with Gasteiger partial charge >= 0.3 is 0 Å². The molecule has 1 saturated heterocycles. The lowest BCUT2D eigenvalue weighted by Crippen LogP contribution is -2.43. The van der Waals surface area contributed by atoms with E-state index in [9.17, 15) is 5.11 Å². The average Bonchev–Trinajstić information content (AvgIpc) is 2.66. The van der Waals surface area contributed by atoms with Gasteiger partial charge in [0.15, 0.2) is 0 Å². The SMILES string of the molecule is CCCCOc1cccc(CC2CN(Cc3ccccc3)CCC2O)c1. The summed E-state index contributed by atoms with van der Waals surface area (Å²) in [6.07, 6.45) is 3.76. The van der Waals surface area contributed by atoms with Crippen LogP contribution >= 0.6 is 0 Å². The molecule has 2 unspecified atom stereocenters. The van der Waals surface area contributed by atoms with E-state index in [1.165, 1.54) is 11.1 Å². The van der Waals surface area contributed by atoms with Crippen molar-refractivity contribution in [2.45, 2.75) is 45.3 Å². The molecule has 140 valence electrons. The molecule has 1 N–H and O–H groups in total. The molecule has 3 heteroatoms. The van der Waals surface area contributed by atoms with Gasteiger partial charge in [-0.25, -0.2) is 0 Å². The summed E-state index contributed by atoms with van der Waals surface area (Å²) in [5.41, 5.74) is 2.60. The molecule has 1 aliphatic rings. The van der Waals surface area contributed by atoms with Gasteiger partial charge in [0.2, 0.25) is 0 Å². The van der Waals surface area contributed by atoms with Gasteiger partial charge < -0.3 is 9.84 Å². The van der Waals surface area contributed by atoms with Crippen molar-refractivity contribution in [1.29, 1.82) is 0 Å². The second kappa shape index (κ2) is 9.75. The van der Waals surface area contributed by atoms with E-state index in [4.69, 9.17) is 4.74 Å². The number of aliphatic hydroxyl groups is 1. The number of aliphatic hydroxyl groups excluding tert-OH is 1. The van der Waals surface area contributed by atoms with Crippen LogP contribution in [-0.4, -0.2) is 35.8 Å². The summed E-state index contributed by atoms with van der Waals surface area (Å²) < 4.78 is 5.83. The maximum atomic E-state index is 10.5. The lowest BCUT2D eigenvalue weighted by Gasteiger charge is -2.36. The van der Waals surface area contributed by atoms with Crippen molar-refractivity contribution in [3.63, 3.8) is 0 Å². The molecule has 3 nitrogen and oxygen atoms in total. The fraction of sp³-hybridized carbons (Fsp3) is 0.478. The van der Waals surface area contributed by atoms with E-state index in [1.807, 2.05) is 6.07 Å². The van der Waals surface area contributed by atoms with E-state index in [0.29, 0.717) is 0 Å². The van der Waals surface area contributed by atoms with Gasteiger partial charge in [0.1, 0.15) is 5.75 Å². The van der Waals surface area contributed by atoms with Crippen molar-refractivity contribution >= 4 is 0 Å². The van der Waals surface area contributed by atoms with Gasteiger partial charge in [-0.05, 0) is 42.5 Å². The van der Waals surface area contributed by atoms with Crippen LogP contribution in [0, 0.1) is 5.92 Å². The van der Waals surface area contributed by atoms with E-state index in [-0.39, 0.29) is 12.0 Å². The number of nitrogens with zero attached hydrogens (tertiary/aromatic N) is 1. The molecule has 3 rings (SSSR count). The number of likely N-dealkylation sites (tertiary alicyclic amines) is 1. The van der Waals surface area contributed by atoms with Crippen molar-refractivity contribution in [3.8, 4) is 5.75 Å². The minimum atomic E-state index is -0.216. The van der Waals surface area contributed by atoms with Crippen molar-refractivity contribution < 1.29 is 9.84 Å². The van der Waals surface area contributed by atoms with Gasteiger partial charge in [-0.3, -0.25) is 4.90 Å². The van der Waals surface area contributed by atoms with Crippen LogP contribution in [0.4, 0.5) is 0 Å². The van der Waals surface area contributed by atoms with Crippen LogP contribution < -0.4 is 4.74 Å². The molecule has 2 atom stereocenters. The predicted octanol–water partition coefficient (Wildman–Crippen LogP) is 4.29. The van der Waals surface area contributed by atoms with Crippen LogP contribution in [-0.2, 0) is 13.0 Å². The number of piperidine rings is 1. The van der Waals surface area contributed by atoms with Gasteiger partial charge in [0.05, 0.1) is 12.7 Å². The molecular weight excluding hydrogens is 322 g/mol. The molecule has 0 aromatic heterocycles. The molecular formula is C23H31NO2. The first-order valence-electron chi connectivity index (χ1n) is 9.90. The Hall–Kier alpha value is -1.84. The summed E-state index contributed by atoms with van der Waals surface area (Å²) in [6.45, 7) is 5.82. The summed E-state index contributed by atoms with van der Waals surface area (Å²) in [6, 6.07) is 19.0. The molecule has 0 spiro atoms. The standard InChI is InChI=1S/C23H31NO2/c1-2-3-14-26-22-11-7-10-20(16-22)15-21-18-24(13-12-23(21)25)17-19-8-5-4-6-9-19/h4-11,16,21,23,25H,2-3,12-15,17-18H2,1H3. The first-order valence-corrected chi connectivity index (χ1v) is 9.90. The number of unbranched alkanes of at least 4 members (excludes halogenated alkanes) is 1. The monoisotopic (exact) mass is 353 g/mol. The molecule has 1 heterocycles. The zero-order valence-electron chi connectivity index (χ0n) is 15.8. The highest BCUT2D eigenvalue weighted by Gasteiger charge is 2.27. The summed E-state index contributed by atoms with van der Waals surface area (Å²) in [5.74, 6) is 1.22. The maximum Gasteiger partial charge on any atom is 0.119 e. The number of benzene rings is 2. The Bertz CT molecular complexity index is 658. The highest BCUT2D eigenvalue weighted by atomic mass is 16.5. The Morgan fingerprint density at radius 2 is 1.88 bits per heavy atom. The second-order valence-electron chi connectivity index (χ2n) is 7.39. The molecule has 1 aliphatic heterocycles. The fourth-order valence-corrected chi connectivity index (χ4v) is 3.68. The van der Waals surface area contributed by atoms with Crippen molar-refractivity contribution in [2.75, 3.05) is 19.7 Å². The topological polar surface area (TPSA) is 32.7 Å². The zero-order chi connectivity index (χ0) is 18.2. The van der Waals surface area contributed by atoms with E-state index in [1.54, 1.807) is 0 Å². The first kappa shape index (κ1) is 18.9. The lowest BCUT2D eigenvalue weighted by molar-refractivity contribution is 0.0239. The third-order valence-corrected chi connectivity index (χ3v) is 5.19. The van der Waals surface area contributed by atoms with Crippen molar-refractivity contribution in [2.24, 2.45) is 5.92 Å². The summed E-state index contributed by atoms with van der Waals surface area (Å²) >= 11 is 0. The van der Waals surface area contributed by atoms with Gasteiger partial charge in [-0.15, -0.1) is 0 Å². The maximum absolute atomic E-state index is 10.5. The Kier molecular flexibility index (Phi) is 7.10. The van der Waals surface area contributed by atoms with E-state index >= 15 is 0 Å². The van der Waals surface area contributed by atoms with Crippen molar-refractivity contribution in [3.05, 3.63) is 65.7 Å². The molecule has 0 amide bonds. The third kappa shape index (κ3) is 5.58. The summed E-state index contributed by atoms with van der Waals surface area (Å²) in [4.78, 5) is 2.47. The van der Waals surface area contributed by atoms with Crippen LogP contribution in [0.15, 0.2) is 54.6 Å². The Balaban J connectivity index is 1.58. The highest BCUT2D eigenvalue weighted by molar-refractivity contribution is 5.29. The molecule has 0 radical (unpaired) electrons. The van der Waals surface area contributed by atoms with E-state index in [0.717, 1.165) is 57.7 Å². The molecule has 0 bridgehead atoms. The smallest absolute Gasteiger partial charge is 0.119 e. The molecule has 2 aromatic carbocycles. The van der Waals surface area contributed by atoms with Crippen LogP contribution in [0.2, 0.25) is 0 Å². The number of rotatable bonds is 8. The Labute approximate surface area is 157 Å². The molecule has 26 heavy (non-hydrogen) atoms. The largest absolute Gasteiger partial charge is 0.494 e. The normalized spacial score (nSPS) is 20.8. The average molecular weight is 354 g/mol. The van der Waals surface area contributed by atoms with Gasteiger partial charge in [-0.2, -0.15) is 0 Å². The zero-order valence-corrected chi connectivity index (χ0v) is 15.8. The van der Waals surface area contributed by atoms with E-state index in [2.05, 4.69) is 60.4 Å². The Morgan fingerprint density at radius 3 is 2.69 bits per heavy atom. The van der Waals surface area contributed by atoms with Crippen molar-refractivity contribution in [1.82, 2.24) is 4.90 Å². The number of ether oxygens (including phenoxy) is 1. The number of hydrogen-bond acceptors (Lipinski definition) is 3. The Morgan fingerprint density at radius 1 is 1.08 bits per heavy atom. The second-order valence-corrected chi connectivity index (χ2v) is 7.39. The molecule has 1 fully saturated rings. The van der Waals surface area contributed by atoms with Crippen LogP contribution in [0.5, 0.6) is 5.75 Å². The predicted molar refractivity (Wildman–Crippen MR) is 106 cm³/mol. The minimum absolute atomic E-state index is 0.216. The summed E-state index contributed by atoms with van der Waals surface area (Å²) in [7, 11) is 0. The third-order valence-electron chi connectivity index (χ3n) is 5.19. The summed E-state index contributed by atoms with van der Waals surface area (Å²) in [5, 5.41) is 10.5. The number of hydrogen-bond donors (Lipinski definition) is 1. The molecule has 0 aliphatic carbocycles. The van der Waals surface area contributed by atoms with Gasteiger partial charge in [0.25, 0.3) is 0 Å². The molecule has 2 aromatic rings. The van der Waals surface area contributed by atoms with Crippen LogP contribution in [0.1, 0.15) is 37.3 Å². The van der Waals surface area contributed by atoms with Gasteiger partial charge in [0, 0.05) is 25.6 Å².